The Kier molecular flexibility index (Phi) is 6.08. The lowest BCUT2D eigenvalue weighted by Gasteiger charge is -2.07. The highest BCUT2D eigenvalue weighted by atomic mass is 32.2. The van der Waals surface area contributed by atoms with Crippen molar-refractivity contribution in [3.8, 4) is 0 Å². The van der Waals surface area contributed by atoms with Crippen molar-refractivity contribution in [3.63, 3.8) is 0 Å². The van der Waals surface area contributed by atoms with Crippen LogP contribution in [0.25, 0.3) is 6.08 Å². The molecule has 1 aromatic heterocycles. The second-order valence-electron chi connectivity index (χ2n) is 5.96. The molecule has 7 heteroatoms. The highest BCUT2D eigenvalue weighted by Gasteiger charge is 2.14. The number of rotatable bonds is 7. The van der Waals surface area contributed by atoms with Gasteiger partial charge in [-0.1, -0.05) is 18.2 Å². The molecule has 0 saturated heterocycles. The molecule has 0 aliphatic carbocycles. The van der Waals surface area contributed by atoms with Crippen molar-refractivity contribution in [2.75, 3.05) is 0 Å². The van der Waals surface area contributed by atoms with Crippen molar-refractivity contribution in [3.05, 3.63) is 102 Å². The van der Waals surface area contributed by atoms with E-state index < -0.39 is 10.0 Å². The van der Waals surface area contributed by atoms with E-state index >= 15 is 0 Å². The number of aromatic nitrogens is 1. The smallest absolute Gasteiger partial charge is 0.240 e. The van der Waals surface area contributed by atoms with Crippen LogP contribution in [-0.2, 0) is 16.6 Å². The van der Waals surface area contributed by atoms with Gasteiger partial charge in [0.2, 0.25) is 10.0 Å². The van der Waals surface area contributed by atoms with Crippen LogP contribution in [0.15, 0.2) is 84.0 Å². The van der Waals surface area contributed by atoms with Crippen LogP contribution in [0.1, 0.15) is 21.5 Å². The molecule has 0 spiro atoms. The highest BCUT2D eigenvalue weighted by Crippen LogP contribution is 2.13. The molecule has 0 radical (unpaired) electrons. The number of nitrogens with one attached hydrogen (secondary N) is 1. The van der Waals surface area contributed by atoms with Crippen LogP contribution in [-0.4, -0.2) is 19.2 Å². The van der Waals surface area contributed by atoms with Crippen LogP contribution in [0.5, 0.6) is 0 Å². The van der Waals surface area contributed by atoms with E-state index in [0.29, 0.717) is 11.1 Å². The summed E-state index contributed by atoms with van der Waals surface area (Å²) in [5, 5.41) is 0. The summed E-state index contributed by atoms with van der Waals surface area (Å²) in [6.45, 7) is 0.0388. The molecule has 142 valence electrons. The van der Waals surface area contributed by atoms with Crippen LogP contribution in [0.4, 0.5) is 4.39 Å². The summed E-state index contributed by atoms with van der Waals surface area (Å²) in [6.07, 6.45) is 6.33. The molecule has 0 amide bonds. The lowest BCUT2D eigenvalue weighted by molar-refractivity contribution is 0.104. The van der Waals surface area contributed by atoms with Gasteiger partial charge in [0.15, 0.2) is 5.78 Å². The number of ketones is 1. The molecule has 0 aliphatic heterocycles. The maximum absolute atomic E-state index is 12.9. The third kappa shape index (κ3) is 5.18. The SMILES string of the molecule is O=C(C=Cc1cccnc1)c1ccc(S(=O)(=O)NCc2ccc(F)cc2)cc1. The fraction of sp³-hybridized carbons (Fsp3) is 0.0476. The molecule has 3 rings (SSSR count). The van der Waals surface area contributed by atoms with Crippen molar-refractivity contribution in [2.24, 2.45) is 0 Å². The molecule has 0 atom stereocenters. The zero-order chi connectivity index (χ0) is 20.0. The highest BCUT2D eigenvalue weighted by molar-refractivity contribution is 7.89. The average molecular weight is 396 g/mol. The van der Waals surface area contributed by atoms with Gasteiger partial charge in [-0.2, -0.15) is 0 Å². The molecule has 0 unspecified atom stereocenters. The third-order valence-corrected chi connectivity index (χ3v) is 5.36. The molecular formula is C21H17FN2O3S. The predicted octanol–water partition coefficient (Wildman–Crippen LogP) is 3.60. The number of sulfonamides is 1. The fourth-order valence-electron chi connectivity index (χ4n) is 2.40. The summed E-state index contributed by atoms with van der Waals surface area (Å²) in [7, 11) is -3.75. The summed E-state index contributed by atoms with van der Waals surface area (Å²) in [5.41, 5.74) is 1.80. The minimum Gasteiger partial charge on any atom is -0.289 e. The average Bonchev–Trinajstić information content (AvgIpc) is 2.72. The van der Waals surface area contributed by atoms with E-state index in [4.69, 9.17) is 0 Å². The zero-order valence-corrected chi connectivity index (χ0v) is 15.6. The number of nitrogens with zero attached hydrogens (tertiary/aromatic N) is 1. The van der Waals surface area contributed by atoms with E-state index in [1.807, 2.05) is 6.07 Å². The molecular weight excluding hydrogens is 379 g/mol. The van der Waals surface area contributed by atoms with E-state index in [2.05, 4.69) is 9.71 Å². The number of benzene rings is 2. The maximum atomic E-state index is 12.9. The van der Waals surface area contributed by atoms with E-state index in [9.17, 15) is 17.6 Å². The van der Waals surface area contributed by atoms with Gasteiger partial charge < -0.3 is 0 Å². The van der Waals surface area contributed by atoms with Gasteiger partial charge in [-0.25, -0.2) is 17.5 Å². The van der Waals surface area contributed by atoms with E-state index in [-0.39, 0.29) is 23.0 Å². The summed E-state index contributed by atoms with van der Waals surface area (Å²) in [5.74, 6) is -0.628. The molecule has 0 saturated carbocycles. The topological polar surface area (TPSA) is 76.1 Å². The van der Waals surface area contributed by atoms with Gasteiger partial charge in [0.05, 0.1) is 4.90 Å². The second kappa shape index (κ2) is 8.69. The summed E-state index contributed by atoms with van der Waals surface area (Å²) < 4.78 is 40.1. The fourth-order valence-corrected chi connectivity index (χ4v) is 3.42. The third-order valence-electron chi connectivity index (χ3n) is 3.94. The molecule has 2 aromatic carbocycles. The van der Waals surface area contributed by atoms with E-state index in [1.165, 1.54) is 54.6 Å². The Labute approximate surface area is 162 Å². The quantitative estimate of drug-likeness (QED) is 0.489. The zero-order valence-electron chi connectivity index (χ0n) is 14.7. The van der Waals surface area contributed by atoms with Crippen molar-refractivity contribution < 1.29 is 17.6 Å². The number of hydrogen-bond acceptors (Lipinski definition) is 4. The van der Waals surface area contributed by atoms with E-state index in [1.54, 1.807) is 24.5 Å². The summed E-state index contributed by atoms with van der Waals surface area (Å²) >= 11 is 0. The van der Waals surface area contributed by atoms with Crippen LogP contribution in [0.2, 0.25) is 0 Å². The Hall–Kier alpha value is -3.16. The van der Waals surface area contributed by atoms with Crippen molar-refractivity contribution in [1.82, 2.24) is 9.71 Å². The number of pyridine rings is 1. The van der Waals surface area contributed by atoms with Gasteiger partial charge >= 0.3 is 0 Å². The number of carbonyl (C=O) groups excluding carboxylic acids is 1. The Morgan fingerprint density at radius 3 is 2.39 bits per heavy atom. The van der Waals surface area contributed by atoms with Crippen molar-refractivity contribution in [2.45, 2.75) is 11.4 Å². The van der Waals surface area contributed by atoms with Crippen LogP contribution in [0.3, 0.4) is 0 Å². The number of allylic oxidation sites excluding steroid dienone is 1. The van der Waals surface area contributed by atoms with Gasteiger partial charge in [-0.05, 0) is 65.7 Å². The molecule has 28 heavy (non-hydrogen) atoms. The molecule has 0 aliphatic rings. The van der Waals surface area contributed by atoms with Crippen LogP contribution < -0.4 is 4.72 Å². The molecule has 3 aromatic rings. The lowest BCUT2D eigenvalue weighted by atomic mass is 10.1. The van der Waals surface area contributed by atoms with Gasteiger partial charge in [-0.3, -0.25) is 9.78 Å². The Morgan fingerprint density at radius 2 is 1.75 bits per heavy atom. The van der Waals surface area contributed by atoms with Crippen molar-refractivity contribution in [1.29, 1.82) is 0 Å². The number of hydrogen-bond donors (Lipinski definition) is 1. The molecule has 5 nitrogen and oxygen atoms in total. The van der Waals surface area contributed by atoms with Crippen LogP contribution in [0, 0.1) is 5.82 Å². The first-order valence-electron chi connectivity index (χ1n) is 8.41. The monoisotopic (exact) mass is 396 g/mol. The minimum atomic E-state index is -3.75. The largest absolute Gasteiger partial charge is 0.289 e. The predicted molar refractivity (Wildman–Crippen MR) is 104 cm³/mol. The molecule has 0 fully saturated rings. The molecule has 1 N–H and O–H groups in total. The minimum absolute atomic E-state index is 0.0388. The first kappa shape index (κ1) is 19.6. The molecule has 1 heterocycles. The second-order valence-corrected chi connectivity index (χ2v) is 7.73. The Bertz CT molecular complexity index is 1080. The molecule has 0 bridgehead atoms. The maximum Gasteiger partial charge on any atom is 0.240 e. The standard InChI is InChI=1S/C21H17FN2O3S/c22-19-8-3-17(4-9-19)15-24-28(26,27)20-10-6-18(7-11-20)21(25)12-5-16-2-1-13-23-14-16/h1-14,24H,15H2. The first-order valence-corrected chi connectivity index (χ1v) is 9.89. The Morgan fingerprint density at radius 1 is 1.04 bits per heavy atom. The van der Waals surface area contributed by atoms with Crippen molar-refractivity contribution >= 4 is 21.9 Å². The lowest BCUT2D eigenvalue weighted by Crippen LogP contribution is -2.23. The number of carbonyl (C=O) groups is 1. The Balaban J connectivity index is 1.66. The van der Waals surface area contributed by atoms with Gasteiger partial charge in [0.25, 0.3) is 0 Å². The summed E-state index contributed by atoms with van der Waals surface area (Å²) in [4.78, 5) is 16.2. The normalized spacial score (nSPS) is 11.6. The first-order chi connectivity index (χ1) is 13.4. The van der Waals surface area contributed by atoms with Gasteiger partial charge in [-0.15, -0.1) is 0 Å². The summed E-state index contributed by atoms with van der Waals surface area (Å²) in [6, 6.07) is 14.8. The number of halogens is 1. The van der Waals surface area contributed by atoms with Crippen LogP contribution >= 0.6 is 0 Å². The van der Waals surface area contributed by atoms with E-state index in [0.717, 1.165) is 5.56 Å². The van der Waals surface area contributed by atoms with Gasteiger partial charge in [0.1, 0.15) is 5.82 Å². The van der Waals surface area contributed by atoms with Gasteiger partial charge in [0, 0.05) is 24.5 Å².